The molecule has 1 spiro atoms. The van der Waals surface area contributed by atoms with Gasteiger partial charge in [0.15, 0.2) is 6.04 Å². The van der Waals surface area contributed by atoms with E-state index in [-0.39, 0.29) is 30.9 Å². The second-order valence-electron chi connectivity index (χ2n) is 7.23. The monoisotopic (exact) mass is 397 g/mol. The molecule has 4 amide bonds. The minimum atomic E-state index is -4.63. The molecule has 1 aromatic rings. The van der Waals surface area contributed by atoms with Gasteiger partial charge >= 0.3 is 12.2 Å². The highest BCUT2D eigenvalue weighted by atomic mass is 19.4. The second kappa shape index (κ2) is 7.81. The maximum absolute atomic E-state index is 13.3. The molecular weight excluding hydrogens is 375 g/mol. The molecule has 0 aromatic heterocycles. The smallest absolute Gasteiger partial charge is 0.341 e. The molecule has 9 heteroatoms. The number of urea groups is 1. The summed E-state index contributed by atoms with van der Waals surface area (Å²) >= 11 is 0. The van der Waals surface area contributed by atoms with Crippen LogP contribution in [0, 0.1) is 0 Å². The normalized spacial score (nSPS) is 19.8. The molecular formula is C19H22F3N3O3. The number of hydrogen-bond acceptors (Lipinski definition) is 3. The van der Waals surface area contributed by atoms with Crippen molar-refractivity contribution in [2.45, 2.75) is 56.3 Å². The zero-order valence-corrected chi connectivity index (χ0v) is 15.2. The van der Waals surface area contributed by atoms with Crippen molar-refractivity contribution in [1.29, 1.82) is 0 Å². The number of nitrogens with one attached hydrogen (secondary N) is 2. The maximum atomic E-state index is 13.3. The summed E-state index contributed by atoms with van der Waals surface area (Å²) in [6, 6.07) is 4.53. The minimum absolute atomic E-state index is 0.00184. The first kappa shape index (κ1) is 20.2. The predicted octanol–water partition coefficient (Wildman–Crippen LogP) is 3.05. The van der Waals surface area contributed by atoms with Gasteiger partial charge in [-0.1, -0.05) is 43.2 Å². The quantitative estimate of drug-likeness (QED) is 0.725. The Kier molecular flexibility index (Phi) is 5.62. The molecule has 0 bridgehead atoms. The summed E-state index contributed by atoms with van der Waals surface area (Å²) in [4.78, 5) is 37.7. The van der Waals surface area contributed by atoms with E-state index in [9.17, 15) is 27.6 Å². The van der Waals surface area contributed by atoms with Crippen molar-refractivity contribution < 1.29 is 27.6 Å². The fraction of sp³-hybridized carbons (Fsp3) is 0.526. The molecule has 0 radical (unpaired) electrons. The summed E-state index contributed by atoms with van der Waals surface area (Å²) in [5.41, 5.74) is -0.880. The first-order valence-electron chi connectivity index (χ1n) is 9.28. The van der Waals surface area contributed by atoms with E-state index in [1.165, 1.54) is 24.3 Å². The van der Waals surface area contributed by atoms with E-state index in [1.807, 2.05) is 5.32 Å². The minimum Gasteiger partial charge on any atom is -0.341 e. The Balaban J connectivity index is 1.54. The number of rotatable bonds is 6. The lowest BCUT2D eigenvalue weighted by Crippen LogP contribution is -2.44. The van der Waals surface area contributed by atoms with Gasteiger partial charge in [-0.15, -0.1) is 0 Å². The molecule has 1 aliphatic heterocycles. The summed E-state index contributed by atoms with van der Waals surface area (Å²) in [5.74, 6) is -1.08. The van der Waals surface area contributed by atoms with Crippen LogP contribution in [0.25, 0.3) is 0 Å². The van der Waals surface area contributed by atoms with Crippen LogP contribution in [0.2, 0.25) is 0 Å². The van der Waals surface area contributed by atoms with E-state index in [2.05, 4.69) is 5.32 Å². The van der Waals surface area contributed by atoms with Gasteiger partial charge in [0, 0.05) is 13.0 Å². The summed E-state index contributed by atoms with van der Waals surface area (Å²) in [6.45, 7) is 0.00184. The van der Waals surface area contributed by atoms with Crippen LogP contribution in [0.4, 0.5) is 18.0 Å². The molecule has 1 heterocycles. The maximum Gasteiger partial charge on any atom is 0.412 e. The van der Waals surface area contributed by atoms with E-state index in [4.69, 9.17) is 0 Å². The molecule has 3 rings (SSSR count). The van der Waals surface area contributed by atoms with Crippen LogP contribution in [0.15, 0.2) is 30.3 Å². The first-order chi connectivity index (χ1) is 13.2. The van der Waals surface area contributed by atoms with Crippen molar-refractivity contribution >= 4 is 17.8 Å². The average Bonchev–Trinajstić information content (AvgIpc) is 3.20. The molecule has 1 unspecified atom stereocenters. The Hall–Kier alpha value is -2.58. The summed E-state index contributed by atoms with van der Waals surface area (Å²) in [6.07, 6.45) is -1.83. The van der Waals surface area contributed by atoms with Crippen LogP contribution >= 0.6 is 0 Å². The van der Waals surface area contributed by atoms with Gasteiger partial charge in [0.25, 0.3) is 5.91 Å². The standard InChI is InChI=1S/C19H22F3N3O3/c20-19(21,22)15(13-7-2-1-3-8-13)23-14(26)9-6-12-25-16(27)18(24-17(25)28)10-4-5-11-18/h1-3,7-8,15H,4-6,9-12H2,(H,23,26)(H,24,28). The average molecular weight is 397 g/mol. The van der Waals surface area contributed by atoms with E-state index >= 15 is 0 Å². The van der Waals surface area contributed by atoms with Gasteiger partial charge in [-0.05, 0) is 24.8 Å². The molecule has 28 heavy (non-hydrogen) atoms. The number of carbonyl (C=O) groups is 3. The number of hydrogen-bond donors (Lipinski definition) is 2. The number of alkyl halides is 3. The van der Waals surface area contributed by atoms with E-state index in [0.29, 0.717) is 12.8 Å². The molecule has 2 fully saturated rings. The van der Waals surface area contributed by atoms with Crippen molar-refractivity contribution in [3.8, 4) is 0 Å². The number of benzene rings is 1. The third-order valence-electron chi connectivity index (χ3n) is 5.25. The summed E-state index contributed by atoms with van der Waals surface area (Å²) in [7, 11) is 0. The van der Waals surface area contributed by atoms with Crippen molar-refractivity contribution in [2.75, 3.05) is 6.54 Å². The molecule has 1 saturated heterocycles. The zero-order valence-electron chi connectivity index (χ0n) is 15.2. The van der Waals surface area contributed by atoms with Gasteiger partial charge in [-0.25, -0.2) is 4.79 Å². The van der Waals surface area contributed by atoms with Crippen LogP contribution < -0.4 is 10.6 Å². The largest absolute Gasteiger partial charge is 0.412 e. The van der Waals surface area contributed by atoms with Crippen LogP contribution in [-0.2, 0) is 9.59 Å². The van der Waals surface area contributed by atoms with Gasteiger partial charge in [0.2, 0.25) is 5.91 Å². The lowest BCUT2D eigenvalue weighted by atomic mass is 9.98. The molecule has 1 aromatic carbocycles. The SMILES string of the molecule is O=C(CCCN1C(=O)NC2(CCCC2)C1=O)NC(c1ccccc1)C(F)(F)F. The molecule has 1 atom stereocenters. The highest BCUT2D eigenvalue weighted by Gasteiger charge is 2.52. The molecule has 1 saturated carbocycles. The van der Waals surface area contributed by atoms with Crippen molar-refractivity contribution in [3.05, 3.63) is 35.9 Å². The fourth-order valence-corrected chi connectivity index (χ4v) is 3.83. The Morgan fingerprint density at radius 2 is 1.82 bits per heavy atom. The van der Waals surface area contributed by atoms with Crippen LogP contribution in [0.5, 0.6) is 0 Å². The number of carbonyl (C=O) groups excluding carboxylic acids is 3. The van der Waals surface area contributed by atoms with E-state index < -0.39 is 29.7 Å². The number of halogens is 3. The summed E-state index contributed by atoms with van der Waals surface area (Å²) < 4.78 is 39.9. The number of imide groups is 1. The number of nitrogens with zero attached hydrogens (tertiary/aromatic N) is 1. The topological polar surface area (TPSA) is 78.5 Å². The van der Waals surface area contributed by atoms with Gasteiger partial charge in [0.1, 0.15) is 5.54 Å². The molecule has 2 aliphatic rings. The Morgan fingerprint density at radius 1 is 1.18 bits per heavy atom. The molecule has 2 N–H and O–H groups in total. The lowest BCUT2D eigenvalue weighted by Gasteiger charge is -2.22. The number of amides is 4. The first-order valence-corrected chi connectivity index (χ1v) is 9.28. The summed E-state index contributed by atoms with van der Waals surface area (Å²) in [5, 5.41) is 4.73. The van der Waals surface area contributed by atoms with Crippen LogP contribution in [0.1, 0.15) is 50.1 Å². The lowest BCUT2D eigenvalue weighted by molar-refractivity contribution is -0.163. The fourth-order valence-electron chi connectivity index (χ4n) is 3.83. The van der Waals surface area contributed by atoms with Gasteiger partial charge in [-0.3, -0.25) is 14.5 Å². The van der Waals surface area contributed by atoms with Crippen LogP contribution in [0.3, 0.4) is 0 Å². The Labute approximate surface area is 160 Å². The zero-order chi connectivity index (χ0) is 20.4. The Morgan fingerprint density at radius 3 is 2.43 bits per heavy atom. The molecule has 1 aliphatic carbocycles. The highest BCUT2D eigenvalue weighted by Crippen LogP contribution is 2.35. The van der Waals surface area contributed by atoms with Crippen molar-refractivity contribution in [2.24, 2.45) is 0 Å². The van der Waals surface area contributed by atoms with Crippen molar-refractivity contribution in [3.63, 3.8) is 0 Å². The van der Waals surface area contributed by atoms with Gasteiger partial charge in [-0.2, -0.15) is 13.2 Å². The second-order valence-corrected chi connectivity index (χ2v) is 7.23. The van der Waals surface area contributed by atoms with E-state index in [0.717, 1.165) is 17.7 Å². The van der Waals surface area contributed by atoms with Gasteiger partial charge < -0.3 is 10.6 Å². The van der Waals surface area contributed by atoms with Gasteiger partial charge in [0.05, 0.1) is 0 Å². The molecule has 6 nitrogen and oxygen atoms in total. The van der Waals surface area contributed by atoms with Crippen molar-refractivity contribution in [1.82, 2.24) is 15.5 Å². The third kappa shape index (κ3) is 4.13. The third-order valence-corrected chi connectivity index (χ3v) is 5.25. The Bertz CT molecular complexity index is 746. The highest BCUT2D eigenvalue weighted by molar-refractivity contribution is 6.07. The predicted molar refractivity (Wildman–Crippen MR) is 94.1 cm³/mol. The van der Waals surface area contributed by atoms with Crippen LogP contribution in [-0.4, -0.2) is 41.0 Å². The van der Waals surface area contributed by atoms with E-state index in [1.54, 1.807) is 6.07 Å². The molecule has 152 valence electrons.